The van der Waals surface area contributed by atoms with Crippen molar-refractivity contribution in [2.24, 2.45) is 0 Å². The van der Waals surface area contributed by atoms with Crippen molar-refractivity contribution in [3.05, 3.63) is 30.1 Å². The molecular weight excluding hydrogens is 268 g/mol. The topological polar surface area (TPSA) is 123 Å². The Hall–Kier alpha value is -2.90. The number of hydrogen-bond donors (Lipinski definition) is 3. The lowest BCUT2D eigenvalue weighted by atomic mass is 10.2. The van der Waals surface area contributed by atoms with Crippen molar-refractivity contribution in [3.63, 3.8) is 0 Å². The van der Waals surface area contributed by atoms with Gasteiger partial charge in [-0.25, -0.2) is 4.98 Å². The fourth-order valence-electron chi connectivity index (χ4n) is 2.20. The molecule has 0 unspecified atom stereocenters. The van der Waals surface area contributed by atoms with Gasteiger partial charge in [0, 0.05) is 24.8 Å². The number of nitrogens with one attached hydrogen (secondary N) is 1. The maximum atomic E-state index is 5.91. The Balaban J connectivity index is 2.02. The van der Waals surface area contributed by atoms with Crippen LogP contribution in [0.1, 0.15) is 12.5 Å². The van der Waals surface area contributed by atoms with Crippen molar-refractivity contribution >= 4 is 28.6 Å². The van der Waals surface area contributed by atoms with Gasteiger partial charge in [-0.05, 0) is 13.0 Å². The van der Waals surface area contributed by atoms with Crippen LogP contribution >= 0.6 is 0 Å². The summed E-state index contributed by atoms with van der Waals surface area (Å²) >= 11 is 0. The normalized spacial score (nSPS) is 10.9. The van der Waals surface area contributed by atoms with E-state index in [-0.39, 0.29) is 5.95 Å². The summed E-state index contributed by atoms with van der Waals surface area (Å²) in [7, 11) is 0. The zero-order valence-electron chi connectivity index (χ0n) is 11.6. The molecule has 0 aliphatic heterocycles. The monoisotopic (exact) mass is 284 g/mol. The van der Waals surface area contributed by atoms with Gasteiger partial charge < -0.3 is 16.4 Å². The Morgan fingerprint density at radius 1 is 1.29 bits per heavy atom. The van der Waals surface area contributed by atoms with Gasteiger partial charge in [0.2, 0.25) is 5.95 Å². The van der Waals surface area contributed by atoms with E-state index in [0.717, 1.165) is 23.3 Å². The Labute approximate surface area is 121 Å². The molecule has 0 fully saturated rings. The Bertz CT molecular complexity index is 766. The predicted octanol–water partition coefficient (Wildman–Crippen LogP) is 0.939. The number of nitrogens with two attached hydrogens (primary N) is 2. The highest BCUT2D eigenvalue weighted by atomic mass is 15.2. The zero-order chi connectivity index (χ0) is 14.8. The molecule has 0 saturated carbocycles. The standard InChI is InChI=1S/C13H16N8/c1-2-21(7-8-4-3-5-16-10(8)14)12-9-6-17-20-11(9)18-13(15)19-12/h3-6H,2,7H2,1H3,(H2,14,16)(H3,15,17,18,19,20). The molecule has 0 aliphatic carbocycles. The fraction of sp³-hybridized carbons (Fsp3) is 0.231. The average molecular weight is 284 g/mol. The third-order valence-electron chi connectivity index (χ3n) is 3.28. The van der Waals surface area contributed by atoms with Crippen LogP contribution in [0, 0.1) is 0 Å². The van der Waals surface area contributed by atoms with E-state index >= 15 is 0 Å². The molecule has 0 atom stereocenters. The highest BCUT2D eigenvalue weighted by molar-refractivity contribution is 5.87. The molecule has 0 saturated heterocycles. The van der Waals surface area contributed by atoms with Crippen LogP contribution in [0.3, 0.4) is 0 Å². The first-order valence-corrected chi connectivity index (χ1v) is 6.60. The van der Waals surface area contributed by atoms with Gasteiger partial charge in [-0.1, -0.05) is 6.07 Å². The van der Waals surface area contributed by atoms with Crippen LogP contribution in [0.4, 0.5) is 17.6 Å². The van der Waals surface area contributed by atoms with Gasteiger partial charge >= 0.3 is 0 Å². The first kappa shape index (κ1) is 13.1. The van der Waals surface area contributed by atoms with Crippen LogP contribution < -0.4 is 16.4 Å². The minimum atomic E-state index is 0.208. The number of nitrogen functional groups attached to an aromatic ring is 2. The lowest BCUT2D eigenvalue weighted by molar-refractivity contribution is 0.816. The van der Waals surface area contributed by atoms with Crippen molar-refractivity contribution in [1.29, 1.82) is 0 Å². The largest absolute Gasteiger partial charge is 0.383 e. The molecule has 3 aromatic rings. The summed E-state index contributed by atoms with van der Waals surface area (Å²) < 4.78 is 0. The maximum absolute atomic E-state index is 5.91. The van der Waals surface area contributed by atoms with E-state index < -0.39 is 0 Å². The van der Waals surface area contributed by atoms with Crippen molar-refractivity contribution < 1.29 is 0 Å². The molecule has 3 heterocycles. The van der Waals surface area contributed by atoms with E-state index in [1.165, 1.54) is 0 Å². The van der Waals surface area contributed by atoms with Crippen molar-refractivity contribution in [1.82, 2.24) is 25.1 Å². The first-order chi connectivity index (χ1) is 10.2. The molecule has 0 aromatic carbocycles. The van der Waals surface area contributed by atoms with E-state index in [9.17, 15) is 0 Å². The molecule has 21 heavy (non-hydrogen) atoms. The number of pyridine rings is 1. The smallest absolute Gasteiger partial charge is 0.224 e. The second-order valence-corrected chi connectivity index (χ2v) is 4.60. The first-order valence-electron chi connectivity index (χ1n) is 6.60. The van der Waals surface area contributed by atoms with Gasteiger partial charge in [0.15, 0.2) is 5.65 Å². The molecule has 8 nitrogen and oxygen atoms in total. The maximum Gasteiger partial charge on any atom is 0.224 e. The van der Waals surface area contributed by atoms with E-state index in [1.54, 1.807) is 12.4 Å². The summed E-state index contributed by atoms with van der Waals surface area (Å²) in [6.45, 7) is 3.37. The number of anilines is 3. The SMILES string of the molecule is CCN(Cc1cccnc1N)c1nc(N)nc2[nH]ncc12. The molecule has 108 valence electrons. The molecule has 0 spiro atoms. The molecule has 0 bridgehead atoms. The quantitative estimate of drug-likeness (QED) is 0.651. The molecule has 3 aromatic heterocycles. The average Bonchev–Trinajstić information content (AvgIpc) is 2.94. The van der Waals surface area contributed by atoms with Crippen LogP contribution in [0.25, 0.3) is 11.0 Å². The Kier molecular flexibility index (Phi) is 3.27. The predicted molar refractivity (Wildman–Crippen MR) is 81.5 cm³/mol. The number of fused-ring (bicyclic) bond motifs is 1. The van der Waals surface area contributed by atoms with Crippen molar-refractivity contribution in [3.8, 4) is 0 Å². The van der Waals surface area contributed by atoms with Crippen LogP contribution in [0.15, 0.2) is 24.5 Å². The number of H-pyrrole nitrogens is 1. The lowest BCUT2D eigenvalue weighted by Crippen LogP contribution is -2.24. The van der Waals surface area contributed by atoms with Crippen LogP contribution in [-0.2, 0) is 6.54 Å². The van der Waals surface area contributed by atoms with Gasteiger partial charge in [-0.2, -0.15) is 15.1 Å². The zero-order valence-corrected chi connectivity index (χ0v) is 11.6. The minimum absolute atomic E-state index is 0.208. The number of hydrogen-bond acceptors (Lipinski definition) is 7. The third kappa shape index (κ3) is 2.42. The Morgan fingerprint density at radius 3 is 2.90 bits per heavy atom. The summed E-state index contributed by atoms with van der Waals surface area (Å²) in [5, 5.41) is 7.64. The number of aromatic nitrogens is 5. The van der Waals surface area contributed by atoms with Crippen LogP contribution in [0.2, 0.25) is 0 Å². The van der Waals surface area contributed by atoms with Gasteiger partial charge in [-0.15, -0.1) is 0 Å². The third-order valence-corrected chi connectivity index (χ3v) is 3.28. The molecule has 3 rings (SSSR count). The van der Waals surface area contributed by atoms with Gasteiger partial charge in [-0.3, -0.25) is 5.10 Å². The van der Waals surface area contributed by atoms with E-state index in [2.05, 4.69) is 30.0 Å². The second-order valence-electron chi connectivity index (χ2n) is 4.60. The summed E-state index contributed by atoms with van der Waals surface area (Å²) in [5.74, 6) is 1.46. The van der Waals surface area contributed by atoms with Gasteiger partial charge in [0.1, 0.15) is 11.6 Å². The van der Waals surface area contributed by atoms with Gasteiger partial charge in [0.05, 0.1) is 11.6 Å². The van der Waals surface area contributed by atoms with E-state index in [0.29, 0.717) is 18.0 Å². The number of nitrogens with zero attached hydrogens (tertiary/aromatic N) is 5. The second kappa shape index (κ2) is 5.23. The highest BCUT2D eigenvalue weighted by Crippen LogP contribution is 2.25. The van der Waals surface area contributed by atoms with Crippen LogP contribution in [0.5, 0.6) is 0 Å². The highest BCUT2D eigenvalue weighted by Gasteiger charge is 2.15. The lowest BCUT2D eigenvalue weighted by Gasteiger charge is -2.23. The summed E-state index contributed by atoms with van der Waals surface area (Å²) in [6.07, 6.45) is 3.37. The Morgan fingerprint density at radius 2 is 2.14 bits per heavy atom. The molecule has 8 heteroatoms. The molecule has 0 amide bonds. The minimum Gasteiger partial charge on any atom is -0.383 e. The van der Waals surface area contributed by atoms with Gasteiger partial charge in [0.25, 0.3) is 0 Å². The summed E-state index contributed by atoms with van der Waals surface area (Å²) in [5.41, 5.74) is 13.2. The number of aromatic amines is 1. The van der Waals surface area contributed by atoms with Crippen LogP contribution in [-0.4, -0.2) is 31.7 Å². The van der Waals surface area contributed by atoms with E-state index in [4.69, 9.17) is 11.5 Å². The fourth-order valence-corrected chi connectivity index (χ4v) is 2.20. The molecule has 0 radical (unpaired) electrons. The van der Waals surface area contributed by atoms with Crippen molar-refractivity contribution in [2.75, 3.05) is 22.9 Å². The molecular formula is C13H16N8. The number of rotatable bonds is 4. The molecule has 0 aliphatic rings. The summed E-state index contributed by atoms with van der Waals surface area (Å²) in [4.78, 5) is 14.6. The van der Waals surface area contributed by atoms with E-state index in [1.807, 2.05) is 19.1 Å². The van der Waals surface area contributed by atoms with Crippen molar-refractivity contribution in [2.45, 2.75) is 13.5 Å². The summed E-state index contributed by atoms with van der Waals surface area (Å²) in [6, 6.07) is 3.81. The molecule has 5 N–H and O–H groups in total.